The average molecular weight is 351 g/mol. The highest BCUT2D eigenvalue weighted by molar-refractivity contribution is 5.94. The molecule has 3 rings (SSSR count). The summed E-state index contributed by atoms with van der Waals surface area (Å²) in [6, 6.07) is 14.9. The first-order valence-electron chi connectivity index (χ1n) is 9.29. The van der Waals surface area contributed by atoms with Crippen molar-refractivity contribution in [3.8, 4) is 16.9 Å². The van der Waals surface area contributed by atoms with Crippen LogP contribution in [-0.4, -0.2) is 18.4 Å². The molecule has 0 heterocycles. The van der Waals surface area contributed by atoms with Crippen LogP contribution in [0, 0.1) is 5.92 Å². The Labute approximate surface area is 154 Å². The number of hydrogen-bond acceptors (Lipinski definition) is 3. The first kappa shape index (κ1) is 18.2. The Balaban J connectivity index is 1.58. The summed E-state index contributed by atoms with van der Waals surface area (Å²) < 4.78 is 5.04. The van der Waals surface area contributed by atoms with Crippen molar-refractivity contribution in [3.05, 3.63) is 54.1 Å². The number of hydrogen-bond donors (Lipinski definition) is 1. The minimum Gasteiger partial charge on any atom is -0.427 e. The Morgan fingerprint density at radius 2 is 1.50 bits per heavy atom. The van der Waals surface area contributed by atoms with Crippen LogP contribution in [0.1, 0.15) is 49.4 Å². The third kappa shape index (κ3) is 4.94. The van der Waals surface area contributed by atoms with Gasteiger partial charge in [0.2, 0.25) is 0 Å². The van der Waals surface area contributed by atoms with E-state index in [1.165, 1.54) is 39.0 Å². The molecule has 2 aromatic rings. The van der Waals surface area contributed by atoms with Crippen molar-refractivity contribution >= 4 is 11.9 Å². The number of ether oxygens (including phenoxy) is 1. The van der Waals surface area contributed by atoms with Crippen LogP contribution in [0.4, 0.5) is 0 Å². The molecule has 136 valence electrons. The van der Waals surface area contributed by atoms with Crippen LogP contribution < -0.4 is 10.1 Å². The summed E-state index contributed by atoms with van der Waals surface area (Å²) in [5.41, 5.74) is 2.71. The first-order chi connectivity index (χ1) is 12.6. The van der Waals surface area contributed by atoms with Gasteiger partial charge >= 0.3 is 5.97 Å². The van der Waals surface area contributed by atoms with E-state index in [9.17, 15) is 9.59 Å². The summed E-state index contributed by atoms with van der Waals surface area (Å²) in [6.45, 7) is 2.16. The molecule has 0 aromatic heterocycles. The lowest BCUT2D eigenvalue weighted by molar-refractivity contribution is -0.131. The van der Waals surface area contributed by atoms with E-state index in [1.54, 1.807) is 12.1 Å². The number of benzene rings is 2. The summed E-state index contributed by atoms with van der Waals surface area (Å²) in [5, 5.41) is 3.07. The topological polar surface area (TPSA) is 55.4 Å². The maximum absolute atomic E-state index is 12.3. The molecular weight excluding hydrogens is 326 g/mol. The third-order valence-corrected chi connectivity index (χ3v) is 4.87. The highest BCUT2D eigenvalue weighted by atomic mass is 16.5. The van der Waals surface area contributed by atoms with Gasteiger partial charge in [0, 0.05) is 19.0 Å². The minimum atomic E-state index is -0.332. The zero-order valence-corrected chi connectivity index (χ0v) is 15.2. The van der Waals surface area contributed by atoms with E-state index in [2.05, 4.69) is 5.32 Å². The van der Waals surface area contributed by atoms with Crippen LogP contribution in [0.2, 0.25) is 0 Å². The molecule has 0 unspecified atom stereocenters. The van der Waals surface area contributed by atoms with Crippen molar-refractivity contribution < 1.29 is 14.3 Å². The van der Waals surface area contributed by atoms with E-state index in [0.717, 1.165) is 17.7 Å². The predicted octanol–water partition coefficient (Wildman–Crippen LogP) is 4.59. The Morgan fingerprint density at radius 1 is 0.923 bits per heavy atom. The lowest BCUT2D eigenvalue weighted by Crippen LogP contribution is -2.30. The fraction of sp³-hybridized carbons (Fsp3) is 0.364. The molecule has 0 radical (unpaired) electrons. The van der Waals surface area contributed by atoms with Crippen LogP contribution >= 0.6 is 0 Å². The Morgan fingerprint density at radius 3 is 2.08 bits per heavy atom. The molecule has 1 amide bonds. The fourth-order valence-corrected chi connectivity index (χ4v) is 3.43. The molecule has 0 saturated heterocycles. The van der Waals surface area contributed by atoms with Crippen molar-refractivity contribution in [2.24, 2.45) is 5.92 Å². The largest absolute Gasteiger partial charge is 0.427 e. The Bertz CT molecular complexity index is 744. The Kier molecular flexibility index (Phi) is 6.05. The van der Waals surface area contributed by atoms with Gasteiger partial charge in [-0.15, -0.1) is 0 Å². The molecule has 0 aliphatic heterocycles. The number of amides is 1. The van der Waals surface area contributed by atoms with E-state index in [1.807, 2.05) is 36.4 Å². The lowest BCUT2D eigenvalue weighted by Gasteiger charge is -2.21. The Hall–Kier alpha value is -2.62. The average Bonchev–Trinajstić information content (AvgIpc) is 2.67. The van der Waals surface area contributed by atoms with Crippen LogP contribution in [0.15, 0.2) is 48.5 Å². The molecule has 1 aliphatic carbocycles. The zero-order chi connectivity index (χ0) is 18.4. The molecule has 2 aromatic carbocycles. The van der Waals surface area contributed by atoms with Gasteiger partial charge in [-0.3, -0.25) is 9.59 Å². The van der Waals surface area contributed by atoms with Gasteiger partial charge in [-0.2, -0.15) is 0 Å². The highest BCUT2D eigenvalue weighted by Crippen LogP contribution is 2.24. The monoisotopic (exact) mass is 351 g/mol. The van der Waals surface area contributed by atoms with Gasteiger partial charge < -0.3 is 10.1 Å². The van der Waals surface area contributed by atoms with Gasteiger partial charge in [-0.05, 0) is 54.2 Å². The van der Waals surface area contributed by atoms with Crippen LogP contribution in [-0.2, 0) is 4.79 Å². The molecule has 1 saturated carbocycles. The molecule has 0 atom stereocenters. The van der Waals surface area contributed by atoms with Gasteiger partial charge in [-0.25, -0.2) is 0 Å². The van der Waals surface area contributed by atoms with Gasteiger partial charge in [0.05, 0.1) is 0 Å². The lowest BCUT2D eigenvalue weighted by atomic mass is 9.89. The number of esters is 1. The molecule has 1 aliphatic rings. The summed E-state index contributed by atoms with van der Waals surface area (Å²) in [6.07, 6.45) is 6.34. The number of carbonyl (C=O) groups excluding carboxylic acids is 2. The molecule has 4 nitrogen and oxygen atoms in total. The number of nitrogens with one attached hydrogen (secondary N) is 1. The standard InChI is InChI=1S/C22H25NO3/c1-16(24)26-21-13-11-19(12-14-21)18-7-9-20(10-8-18)22(25)23-15-17-5-3-2-4-6-17/h7-14,17H,2-6,15H2,1H3,(H,23,25). The quantitative estimate of drug-likeness (QED) is 0.633. The molecule has 1 N–H and O–H groups in total. The first-order valence-corrected chi connectivity index (χ1v) is 9.29. The summed E-state index contributed by atoms with van der Waals surface area (Å²) in [7, 11) is 0. The SMILES string of the molecule is CC(=O)Oc1ccc(-c2ccc(C(=O)NCC3CCCCC3)cc2)cc1. The van der Waals surface area contributed by atoms with E-state index in [-0.39, 0.29) is 11.9 Å². The second kappa shape index (κ2) is 8.65. The summed E-state index contributed by atoms with van der Waals surface area (Å²) in [5.74, 6) is 0.816. The van der Waals surface area contributed by atoms with Crippen molar-refractivity contribution in [3.63, 3.8) is 0 Å². The second-order valence-corrected chi connectivity index (χ2v) is 6.91. The van der Waals surface area contributed by atoms with Gasteiger partial charge in [-0.1, -0.05) is 43.5 Å². The molecule has 0 spiro atoms. The number of rotatable bonds is 5. The van der Waals surface area contributed by atoms with Crippen molar-refractivity contribution in [1.82, 2.24) is 5.32 Å². The minimum absolute atomic E-state index is 0.00710. The van der Waals surface area contributed by atoms with Crippen LogP contribution in [0.3, 0.4) is 0 Å². The molecular formula is C22H25NO3. The number of carbonyl (C=O) groups is 2. The normalized spacial score (nSPS) is 14.7. The summed E-state index contributed by atoms with van der Waals surface area (Å²) in [4.78, 5) is 23.3. The maximum Gasteiger partial charge on any atom is 0.308 e. The molecule has 0 bridgehead atoms. The van der Waals surface area contributed by atoms with Crippen LogP contribution in [0.5, 0.6) is 5.75 Å². The van der Waals surface area contributed by atoms with E-state index < -0.39 is 0 Å². The molecule has 4 heteroatoms. The van der Waals surface area contributed by atoms with Crippen molar-refractivity contribution in [2.45, 2.75) is 39.0 Å². The van der Waals surface area contributed by atoms with Crippen LogP contribution in [0.25, 0.3) is 11.1 Å². The smallest absolute Gasteiger partial charge is 0.308 e. The zero-order valence-electron chi connectivity index (χ0n) is 15.2. The third-order valence-electron chi connectivity index (χ3n) is 4.87. The highest BCUT2D eigenvalue weighted by Gasteiger charge is 2.15. The molecule has 26 heavy (non-hydrogen) atoms. The van der Waals surface area contributed by atoms with Gasteiger partial charge in [0.25, 0.3) is 5.91 Å². The van der Waals surface area contributed by atoms with Crippen molar-refractivity contribution in [2.75, 3.05) is 6.54 Å². The van der Waals surface area contributed by atoms with E-state index in [0.29, 0.717) is 17.2 Å². The summed E-state index contributed by atoms with van der Waals surface area (Å²) >= 11 is 0. The second-order valence-electron chi connectivity index (χ2n) is 6.91. The van der Waals surface area contributed by atoms with Gasteiger partial charge in [0.15, 0.2) is 0 Å². The fourth-order valence-electron chi connectivity index (χ4n) is 3.43. The van der Waals surface area contributed by atoms with Gasteiger partial charge in [0.1, 0.15) is 5.75 Å². The molecule has 1 fully saturated rings. The maximum atomic E-state index is 12.3. The van der Waals surface area contributed by atoms with E-state index >= 15 is 0 Å². The van der Waals surface area contributed by atoms with E-state index in [4.69, 9.17) is 4.74 Å². The van der Waals surface area contributed by atoms with Crippen molar-refractivity contribution in [1.29, 1.82) is 0 Å². The predicted molar refractivity (Wildman–Crippen MR) is 102 cm³/mol.